The van der Waals surface area contributed by atoms with Crippen molar-refractivity contribution in [3.05, 3.63) is 45.7 Å². The molecule has 0 spiro atoms. The van der Waals surface area contributed by atoms with Gasteiger partial charge in [-0.3, -0.25) is 4.79 Å². The standard InChI is InChI=1S/C23H33N3O2S/c1-3-28-13-7-12-24-23(29)26(20-8-5-4-6-9-20)16-19-15-18-11-10-17(2)14-21(18)25-22(19)27/h10-11,14-15,20H,3-9,12-13,16H2,1-2H3,(H,24,29)(H,25,27). The van der Waals surface area contributed by atoms with Crippen molar-refractivity contribution >= 4 is 28.2 Å². The highest BCUT2D eigenvalue weighted by atomic mass is 32.1. The maximum absolute atomic E-state index is 12.8. The van der Waals surface area contributed by atoms with Gasteiger partial charge in [0.25, 0.3) is 5.56 Å². The van der Waals surface area contributed by atoms with Gasteiger partial charge in [-0.1, -0.05) is 31.4 Å². The first-order chi connectivity index (χ1) is 14.1. The molecule has 0 radical (unpaired) electrons. The molecule has 29 heavy (non-hydrogen) atoms. The molecule has 1 aromatic carbocycles. The maximum atomic E-state index is 12.8. The molecular weight excluding hydrogens is 382 g/mol. The topological polar surface area (TPSA) is 57.4 Å². The van der Waals surface area contributed by atoms with E-state index in [4.69, 9.17) is 17.0 Å². The van der Waals surface area contributed by atoms with Crippen molar-refractivity contribution in [3.8, 4) is 0 Å². The summed E-state index contributed by atoms with van der Waals surface area (Å²) >= 11 is 5.75. The second-order valence-electron chi connectivity index (χ2n) is 7.92. The first kappa shape index (κ1) is 21.8. The van der Waals surface area contributed by atoms with Crippen molar-refractivity contribution < 1.29 is 4.74 Å². The molecule has 0 atom stereocenters. The number of benzene rings is 1. The first-order valence-corrected chi connectivity index (χ1v) is 11.2. The molecule has 1 aliphatic rings. The van der Waals surface area contributed by atoms with Gasteiger partial charge < -0.3 is 19.9 Å². The fraction of sp³-hybridized carbons (Fsp3) is 0.565. The second-order valence-corrected chi connectivity index (χ2v) is 8.30. The van der Waals surface area contributed by atoms with Gasteiger partial charge in [0.1, 0.15) is 0 Å². The molecule has 1 heterocycles. The van der Waals surface area contributed by atoms with Crippen molar-refractivity contribution in [2.45, 2.75) is 65.0 Å². The van der Waals surface area contributed by atoms with Gasteiger partial charge in [0, 0.05) is 36.9 Å². The van der Waals surface area contributed by atoms with Crippen LogP contribution in [0.25, 0.3) is 10.9 Å². The van der Waals surface area contributed by atoms with Crippen LogP contribution in [-0.2, 0) is 11.3 Å². The summed E-state index contributed by atoms with van der Waals surface area (Å²) in [5.41, 5.74) is 2.77. The van der Waals surface area contributed by atoms with Crippen molar-refractivity contribution in [3.63, 3.8) is 0 Å². The molecule has 0 amide bonds. The van der Waals surface area contributed by atoms with Gasteiger partial charge >= 0.3 is 0 Å². The third-order valence-corrected chi connectivity index (χ3v) is 6.02. The third-order valence-electron chi connectivity index (χ3n) is 5.64. The number of pyridine rings is 1. The summed E-state index contributed by atoms with van der Waals surface area (Å²) < 4.78 is 5.41. The van der Waals surface area contributed by atoms with Crippen LogP contribution in [0.2, 0.25) is 0 Å². The van der Waals surface area contributed by atoms with E-state index in [2.05, 4.69) is 27.3 Å². The predicted molar refractivity (Wildman–Crippen MR) is 123 cm³/mol. The molecule has 3 rings (SSSR count). The summed E-state index contributed by atoms with van der Waals surface area (Å²) in [5.74, 6) is 0. The van der Waals surface area contributed by atoms with Crippen LogP contribution in [0.15, 0.2) is 29.1 Å². The molecule has 2 aromatic rings. The van der Waals surface area contributed by atoms with Crippen molar-refractivity contribution in [1.29, 1.82) is 0 Å². The smallest absolute Gasteiger partial charge is 0.253 e. The average Bonchev–Trinajstić information content (AvgIpc) is 2.72. The van der Waals surface area contributed by atoms with Gasteiger partial charge in [-0.05, 0) is 68.4 Å². The van der Waals surface area contributed by atoms with Gasteiger partial charge in [-0.25, -0.2) is 0 Å². The van der Waals surface area contributed by atoms with Crippen LogP contribution in [0.4, 0.5) is 0 Å². The van der Waals surface area contributed by atoms with Crippen LogP contribution in [-0.4, -0.2) is 40.8 Å². The summed E-state index contributed by atoms with van der Waals surface area (Å²) in [7, 11) is 0. The molecule has 1 fully saturated rings. The minimum atomic E-state index is -0.0249. The number of aromatic nitrogens is 1. The van der Waals surface area contributed by atoms with Crippen LogP contribution in [0.3, 0.4) is 0 Å². The molecular formula is C23H33N3O2S. The largest absolute Gasteiger partial charge is 0.382 e. The molecule has 0 saturated heterocycles. The quantitative estimate of drug-likeness (QED) is 0.498. The summed E-state index contributed by atoms with van der Waals surface area (Å²) in [4.78, 5) is 18.0. The Morgan fingerprint density at radius 2 is 2.07 bits per heavy atom. The highest BCUT2D eigenvalue weighted by Crippen LogP contribution is 2.24. The van der Waals surface area contributed by atoms with Gasteiger partial charge in [0.15, 0.2) is 5.11 Å². The highest BCUT2D eigenvalue weighted by molar-refractivity contribution is 7.80. The van der Waals surface area contributed by atoms with Gasteiger partial charge in [0.05, 0.1) is 6.54 Å². The minimum absolute atomic E-state index is 0.0249. The van der Waals surface area contributed by atoms with Crippen LogP contribution >= 0.6 is 12.2 Å². The summed E-state index contributed by atoms with van der Waals surface area (Å²) in [6, 6.07) is 8.57. The molecule has 0 aliphatic heterocycles. The number of H-pyrrole nitrogens is 1. The molecule has 5 nitrogen and oxygen atoms in total. The Balaban J connectivity index is 1.76. The normalized spacial score (nSPS) is 14.8. The molecule has 2 N–H and O–H groups in total. The third kappa shape index (κ3) is 6.03. The van der Waals surface area contributed by atoms with Crippen molar-refractivity contribution in [2.24, 2.45) is 0 Å². The van der Waals surface area contributed by atoms with Crippen molar-refractivity contribution in [2.75, 3.05) is 19.8 Å². The minimum Gasteiger partial charge on any atom is -0.382 e. The van der Waals surface area contributed by atoms with Crippen LogP contribution < -0.4 is 10.9 Å². The van der Waals surface area contributed by atoms with E-state index in [-0.39, 0.29) is 5.56 Å². The lowest BCUT2D eigenvalue weighted by Crippen LogP contribution is -2.47. The molecule has 1 aliphatic carbocycles. The Bertz CT molecular complexity index is 874. The lowest BCUT2D eigenvalue weighted by molar-refractivity contribution is 0.145. The maximum Gasteiger partial charge on any atom is 0.253 e. The Morgan fingerprint density at radius 1 is 1.28 bits per heavy atom. The number of nitrogens with one attached hydrogen (secondary N) is 2. The molecule has 1 aromatic heterocycles. The lowest BCUT2D eigenvalue weighted by atomic mass is 9.94. The number of thiocarbonyl (C=S) groups is 1. The van der Waals surface area contributed by atoms with E-state index in [1.165, 1.54) is 19.3 Å². The van der Waals surface area contributed by atoms with Crippen molar-refractivity contribution in [1.82, 2.24) is 15.2 Å². The van der Waals surface area contributed by atoms with E-state index >= 15 is 0 Å². The molecule has 158 valence electrons. The van der Waals surface area contributed by atoms with Gasteiger partial charge in [0.2, 0.25) is 0 Å². The predicted octanol–water partition coefficient (Wildman–Crippen LogP) is 4.27. The van der Waals surface area contributed by atoms with E-state index in [9.17, 15) is 4.79 Å². The van der Waals surface area contributed by atoms with Crippen LogP contribution in [0.1, 0.15) is 56.6 Å². The molecule has 0 bridgehead atoms. The average molecular weight is 416 g/mol. The Hall–Kier alpha value is -1.92. The van der Waals surface area contributed by atoms with Gasteiger partial charge in [-0.2, -0.15) is 0 Å². The first-order valence-electron chi connectivity index (χ1n) is 10.8. The number of fused-ring (bicyclic) bond motifs is 1. The number of aryl methyl sites for hydroxylation is 1. The van der Waals surface area contributed by atoms with E-state index < -0.39 is 0 Å². The number of rotatable bonds is 8. The Morgan fingerprint density at radius 3 is 2.83 bits per heavy atom. The summed E-state index contributed by atoms with van der Waals surface area (Å²) in [5, 5.41) is 5.20. The fourth-order valence-corrected chi connectivity index (χ4v) is 4.35. The number of hydrogen-bond donors (Lipinski definition) is 2. The Labute approximate surface area is 178 Å². The zero-order valence-electron chi connectivity index (χ0n) is 17.6. The summed E-state index contributed by atoms with van der Waals surface area (Å²) in [6.07, 6.45) is 6.91. The fourth-order valence-electron chi connectivity index (χ4n) is 4.04. The number of nitrogens with zero attached hydrogens (tertiary/aromatic N) is 1. The number of aromatic amines is 1. The molecule has 1 saturated carbocycles. The number of ether oxygens (including phenoxy) is 1. The van der Waals surface area contributed by atoms with E-state index in [1.54, 1.807) is 0 Å². The van der Waals surface area contributed by atoms with E-state index in [0.29, 0.717) is 12.6 Å². The van der Waals surface area contributed by atoms with Crippen LogP contribution in [0, 0.1) is 6.92 Å². The summed E-state index contributed by atoms with van der Waals surface area (Å²) in [6.45, 7) is 6.84. The monoisotopic (exact) mass is 415 g/mol. The zero-order valence-corrected chi connectivity index (χ0v) is 18.4. The zero-order chi connectivity index (χ0) is 20.6. The molecule has 6 heteroatoms. The van der Waals surface area contributed by atoms with Crippen LogP contribution in [0.5, 0.6) is 0 Å². The SMILES string of the molecule is CCOCCCNC(=S)N(Cc1cc2ccc(C)cc2[nH]c1=O)C1CCCCC1. The van der Waals surface area contributed by atoms with Gasteiger partial charge in [-0.15, -0.1) is 0 Å². The second kappa shape index (κ2) is 10.7. The lowest BCUT2D eigenvalue weighted by Gasteiger charge is -2.36. The molecule has 0 unspecified atom stereocenters. The highest BCUT2D eigenvalue weighted by Gasteiger charge is 2.24. The Kier molecular flexibility index (Phi) is 8.07. The van der Waals surface area contributed by atoms with E-state index in [1.807, 2.05) is 26.0 Å². The van der Waals surface area contributed by atoms with E-state index in [0.717, 1.165) is 66.2 Å². The number of hydrogen-bond acceptors (Lipinski definition) is 3.